The van der Waals surface area contributed by atoms with E-state index in [2.05, 4.69) is 5.10 Å². The fourth-order valence-electron chi connectivity index (χ4n) is 3.05. The highest BCUT2D eigenvalue weighted by Crippen LogP contribution is 2.35. The van der Waals surface area contributed by atoms with Gasteiger partial charge in [-0.15, -0.1) is 0 Å². The molecule has 1 aliphatic heterocycles. The molecule has 0 atom stereocenters. The Morgan fingerprint density at radius 3 is 2.45 bits per heavy atom. The number of hydrogen-bond acceptors (Lipinski definition) is 5. The largest absolute Gasteiger partial charge is 0.457 e. The Balaban J connectivity index is 1.62. The molecule has 0 aliphatic carbocycles. The van der Waals surface area contributed by atoms with Crippen molar-refractivity contribution in [3.8, 4) is 11.3 Å². The normalized spacial score (nSPS) is 15.6. The number of amides is 1. The maximum Gasteiger partial charge on any atom is 0.280 e. The third-order valence-electron chi connectivity index (χ3n) is 4.60. The average molecular weight is 476 g/mol. The van der Waals surface area contributed by atoms with Crippen LogP contribution < -0.4 is 10.1 Å². The maximum atomic E-state index is 12.9. The van der Waals surface area contributed by atoms with Crippen LogP contribution in [-0.2, 0) is 14.8 Å². The lowest BCUT2D eigenvalue weighted by Crippen LogP contribution is -2.21. The van der Waals surface area contributed by atoms with Crippen molar-refractivity contribution >= 4 is 56.6 Å². The molecule has 0 unspecified atom stereocenters. The Kier molecular flexibility index (Phi) is 5.49. The molecule has 0 saturated carbocycles. The molecular weight excluding hydrogens is 461 g/mol. The number of hydrazone groups is 1. The summed E-state index contributed by atoms with van der Waals surface area (Å²) in [5.74, 6) is 0.574. The molecule has 10 heteroatoms. The number of primary sulfonamides is 1. The molecule has 0 fully saturated rings. The van der Waals surface area contributed by atoms with Gasteiger partial charge in [0.05, 0.1) is 31.9 Å². The number of carbonyl (C=O) groups is 1. The summed E-state index contributed by atoms with van der Waals surface area (Å²) in [4.78, 5) is 12.8. The first-order valence-electron chi connectivity index (χ1n) is 8.94. The summed E-state index contributed by atoms with van der Waals surface area (Å²) in [6.45, 7) is 1.69. The number of nitrogens with two attached hydrogens (primary N) is 1. The molecule has 158 valence electrons. The van der Waals surface area contributed by atoms with Crippen LogP contribution >= 0.6 is 23.2 Å². The number of rotatable bonds is 4. The number of furan rings is 1. The highest BCUT2D eigenvalue weighted by atomic mass is 35.5. The van der Waals surface area contributed by atoms with Gasteiger partial charge in [0.25, 0.3) is 5.91 Å². The van der Waals surface area contributed by atoms with Crippen LogP contribution in [0.5, 0.6) is 0 Å². The van der Waals surface area contributed by atoms with E-state index in [9.17, 15) is 13.2 Å². The lowest BCUT2D eigenvalue weighted by Gasteiger charge is -2.12. The van der Waals surface area contributed by atoms with Crippen LogP contribution in [0.25, 0.3) is 17.4 Å². The topological polar surface area (TPSA) is 106 Å². The Bertz CT molecular complexity index is 1360. The molecule has 7 nitrogen and oxygen atoms in total. The van der Waals surface area contributed by atoms with Crippen LogP contribution in [0.2, 0.25) is 10.0 Å². The van der Waals surface area contributed by atoms with Crippen LogP contribution in [0.15, 0.2) is 74.6 Å². The molecule has 0 bridgehead atoms. The maximum absolute atomic E-state index is 12.9. The van der Waals surface area contributed by atoms with E-state index < -0.39 is 10.0 Å². The van der Waals surface area contributed by atoms with Gasteiger partial charge in [-0.1, -0.05) is 29.3 Å². The van der Waals surface area contributed by atoms with E-state index in [4.69, 9.17) is 32.8 Å². The minimum Gasteiger partial charge on any atom is -0.457 e. The number of halogens is 2. The number of carbonyl (C=O) groups excluding carboxylic acids is 1. The van der Waals surface area contributed by atoms with Gasteiger partial charge in [0.1, 0.15) is 11.5 Å². The number of nitrogens with zero attached hydrogens (tertiary/aromatic N) is 2. The van der Waals surface area contributed by atoms with Gasteiger partial charge in [0.2, 0.25) is 10.0 Å². The van der Waals surface area contributed by atoms with E-state index in [0.717, 1.165) is 0 Å². The zero-order valence-electron chi connectivity index (χ0n) is 16.0. The van der Waals surface area contributed by atoms with Gasteiger partial charge in [-0.25, -0.2) is 13.6 Å². The zero-order chi connectivity index (χ0) is 22.3. The summed E-state index contributed by atoms with van der Waals surface area (Å²) in [7, 11) is -3.83. The highest BCUT2D eigenvalue weighted by Gasteiger charge is 2.29. The third kappa shape index (κ3) is 4.15. The Morgan fingerprint density at radius 1 is 1.06 bits per heavy atom. The van der Waals surface area contributed by atoms with Crippen molar-refractivity contribution in [3.05, 3.63) is 76.0 Å². The summed E-state index contributed by atoms with van der Waals surface area (Å²) in [6, 6.07) is 14.2. The molecule has 0 radical (unpaired) electrons. The van der Waals surface area contributed by atoms with Crippen molar-refractivity contribution in [3.63, 3.8) is 0 Å². The van der Waals surface area contributed by atoms with E-state index in [-0.39, 0.29) is 10.8 Å². The number of anilines is 1. The SMILES string of the molecule is CC1=NN(c2ccc(S(N)(=O)=O)cc2)C(=O)/C1=C\c1ccc(-c2cccc(Cl)c2Cl)o1. The minimum absolute atomic E-state index is 0.0536. The molecule has 1 aromatic heterocycles. The summed E-state index contributed by atoms with van der Waals surface area (Å²) < 4.78 is 28.7. The van der Waals surface area contributed by atoms with Gasteiger partial charge in [-0.05, 0) is 61.5 Å². The standard InChI is InChI=1S/C21H15Cl2N3O4S/c1-12-17(11-14-7-10-19(30-14)16-3-2-4-18(22)20(16)23)21(27)26(25-12)13-5-8-15(9-6-13)31(24,28)29/h2-11H,1H3,(H2,24,28,29)/b17-11-. The van der Waals surface area contributed by atoms with Crippen molar-refractivity contribution in [2.75, 3.05) is 5.01 Å². The van der Waals surface area contributed by atoms with Gasteiger partial charge in [-0.2, -0.15) is 10.1 Å². The van der Waals surface area contributed by atoms with E-state index in [1.54, 1.807) is 43.3 Å². The van der Waals surface area contributed by atoms with Gasteiger partial charge in [0, 0.05) is 5.56 Å². The molecule has 2 N–H and O–H groups in total. The highest BCUT2D eigenvalue weighted by molar-refractivity contribution is 7.89. The third-order valence-corrected chi connectivity index (χ3v) is 6.35. The second-order valence-electron chi connectivity index (χ2n) is 6.70. The quantitative estimate of drug-likeness (QED) is 0.551. The van der Waals surface area contributed by atoms with Crippen molar-refractivity contribution in [2.24, 2.45) is 10.2 Å². The van der Waals surface area contributed by atoms with Crippen molar-refractivity contribution in [2.45, 2.75) is 11.8 Å². The Hall–Kier alpha value is -2.91. The second-order valence-corrected chi connectivity index (χ2v) is 9.05. The van der Waals surface area contributed by atoms with Crippen LogP contribution in [0.4, 0.5) is 5.69 Å². The Morgan fingerprint density at radius 2 is 1.77 bits per heavy atom. The number of benzene rings is 2. The summed E-state index contributed by atoms with van der Waals surface area (Å²) in [5, 5.41) is 11.4. The van der Waals surface area contributed by atoms with E-state index in [1.807, 2.05) is 0 Å². The zero-order valence-corrected chi connectivity index (χ0v) is 18.4. The fraction of sp³-hybridized carbons (Fsp3) is 0.0476. The van der Waals surface area contributed by atoms with Gasteiger partial charge in [0.15, 0.2) is 0 Å². The first-order valence-corrected chi connectivity index (χ1v) is 11.2. The first-order chi connectivity index (χ1) is 14.6. The van der Waals surface area contributed by atoms with E-state index in [0.29, 0.717) is 44.1 Å². The molecule has 1 amide bonds. The van der Waals surface area contributed by atoms with Gasteiger partial charge >= 0.3 is 0 Å². The molecular formula is C21H15Cl2N3O4S. The molecule has 3 aromatic rings. The van der Waals surface area contributed by atoms with Crippen molar-refractivity contribution in [1.82, 2.24) is 0 Å². The molecule has 0 spiro atoms. The molecule has 4 rings (SSSR count). The van der Waals surface area contributed by atoms with Crippen LogP contribution in [-0.4, -0.2) is 20.0 Å². The van der Waals surface area contributed by atoms with Crippen LogP contribution in [0.3, 0.4) is 0 Å². The number of sulfonamides is 1. The lowest BCUT2D eigenvalue weighted by atomic mass is 10.1. The molecule has 2 heterocycles. The predicted octanol–water partition coefficient (Wildman–Crippen LogP) is 4.71. The lowest BCUT2D eigenvalue weighted by molar-refractivity contribution is -0.114. The number of hydrogen-bond donors (Lipinski definition) is 1. The fourth-order valence-corrected chi connectivity index (χ4v) is 3.96. The Labute approximate surface area is 188 Å². The van der Waals surface area contributed by atoms with Gasteiger partial charge < -0.3 is 4.42 Å². The smallest absolute Gasteiger partial charge is 0.280 e. The summed E-state index contributed by atoms with van der Waals surface area (Å²) >= 11 is 12.3. The molecule has 31 heavy (non-hydrogen) atoms. The van der Waals surface area contributed by atoms with E-state index in [1.165, 1.54) is 29.3 Å². The summed E-state index contributed by atoms with van der Waals surface area (Å²) in [6.07, 6.45) is 1.59. The van der Waals surface area contributed by atoms with Crippen LogP contribution in [0, 0.1) is 0 Å². The molecule has 0 saturated heterocycles. The van der Waals surface area contributed by atoms with Crippen molar-refractivity contribution in [1.29, 1.82) is 0 Å². The minimum atomic E-state index is -3.83. The van der Waals surface area contributed by atoms with Crippen molar-refractivity contribution < 1.29 is 17.6 Å². The summed E-state index contributed by atoms with van der Waals surface area (Å²) in [5.41, 5.74) is 1.87. The average Bonchev–Trinajstić information content (AvgIpc) is 3.30. The molecule has 2 aromatic carbocycles. The predicted molar refractivity (Wildman–Crippen MR) is 121 cm³/mol. The molecule has 1 aliphatic rings. The van der Waals surface area contributed by atoms with E-state index >= 15 is 0 Å². The van der Waals surface area contributed by atoms with Gasteiger partial charge in [-0.3, -0.25) is 4.79 Å². The van der Waals surface area contributed by atoms with Crippen LogP contribution in [0.1, 0.15) is 12.7 Å². The monoisotopic (exact) mass is 475 g/mol. The first kappa shape index (κ1) is 21.3. The second kappa shape index (κ2) is 7.97.